The van der Waals surface area contributed by atoms with Crippen LogP contribution in [0.25, 0.3) is 0 Å². The summed E-state index contributed by atoms with van der Waals surface area (Å²) in [5.41, 5.74) is 3.03. The van der Waals surface area contributed by atoms with E-state index >= 15 is 0 Å². The molecule has 1 aliphatic heterocycles. The number of amides is 1. The fourth-order valence-electron chi connectivity index (χ4n) is 3.15. The van der Waals surface area contributed by atoms with Crippen LogP contribution in [0.15, 0.2) is 42.7 Å². The normalized spacial score (nSPS) is 17.0. The monoisotopic (exact) mass is 324 g/mol. The first-order valence-corrected chi connectivity index (χ1v) is 8.06. The van der Waals surface area contributed by atoms with E-state index in [-0.39, 0.29) is 5.91 Å². The molecule has 1 saturated heterocycles. The quantitative estimate of drug-likeness (QED) is 0.939. The first kappa shape index (κ1) is 16.2. The first-order chi connectivity index (χ1) is 11.5. The Balaban J connectivity index is 1.61. The standard InChI is InChI=1S/C19H20N2O3/c1-13-8-17(11-20-10-13)18(22)21-7-6-15(12-21)9-14-2-4-16(5-3-14)19(23)24/h2-5,8,10-11,15H,6-7,9,12H2,1H3,(H,23,24)/t15-/m1/s1. The lowest BCUT2D eigenvalue weighted by Crippen LogP contribution is -2.29. The van der Waals surface area contributed by atoms with Gasteiger partial charge in [0.05, 0.1) is 11.1 Å². The van der Waals surface area contributed by atoms with Gasteiger partial charge in [-0.2, -0.15) is 0 Å². The van der Waals surface area contributed by atoms with Crippen molar-refractivity contribution < 1.29 is 14.7 Å². The third-order valence-electron chi connectivity index (χ3n) is 4.42. The van der Waals surface area contributed by atoms with Crippen molar-refractivity contribution in [2.24, 2.45) is 5.92 Å². The lowest BCUT2D eigenvalue weighted by atomic mass is 9.98. The maximum atomic E-state index is 12.5. The van der Waals surface area contributed by atoms with E-state index in [1.807, 2.05) is 30.0 Å². The Morgan fingerprint density at radius 2 is 1.96 bits per heavy atom. The molecule has 5 nitrogen and oxygen atoms in total. The zero-order valence-corrected chi connectivity index (χ0v) is 13.6. The second kappa shape index (κ2) is 6.83. The summed E-state index contributed by atoms with van der Waals surface area (Å²) in [7, 11) is 0. The molecule has 0 bridgehead atoms. The predicted octanol–water partition coefficient (Wildman–Crippen LogP) is 2.79. The number of rotatable bonds is 4. The zero-order chi connectivity index (χ0) is 17.1. The molecule has 124 valence electrons. The summed E-state index contributed by atoms with van der Waals surface area (Å²) in [4.78, 5) is 29.4. The molecule has 5 heteroatoms. The van der Waals surface area contributed by atoms with Gasteiger partial charge in [0.1, 0.15) is 0 Å². The lowest BCUT2D eigenvalue weighted by Gasteiger charge is -2.17. The Hall–Kier alpha value is -2.69. The van der Waals surface area contributed by atoms with Gasteiger partial charge in [-0.05, 0) is 55.0 Å². The summed E-state index contributed by atoms with van der Waals surface area (Å²) < 4.78 is 0. The summed E-state index contributed by atoms with van der Waals surface area (Å²) in [6.45, 7) is 3.41. The van der Waals surface area contributed by atoms with Crippen molar-refractivity contribution >= 4 is 11.9 Å². The molecule has 3 rings (SSSR count). The molecule has 0 spiro atoms. The molecule has 0 saturated carbocycles. The number of carbonyl (C=O) groups is 2. The second-order valence-electron chi connectivity index (χ2n) is 6.36. The van der Waals surface area contributed by atoms with Gasteiger partial charge in [-0.1, -0.05) is 12.1 Å². The molecule has 2 aromatic rings. The molecule has 1 aromatic heterocycles. The number of aryl methyl sites for hydroxylation is 1. The van der Waals surface area contributed by atoms with Crippen LogP contribution in [-0.2, 0) is 6.42 Å². The average Bonchev–Trinajstić information content (AvgIpc) is 3.03. The van der Waals surface area contributed by atoms with Crippen molar-refractivity contribution in [1.82, 2.24) is 9.88 Å². The Morgan fingerprint density at radius 3 is 2.62 bits per heavy atom. The number of pyridine rings is 1. The lowest BCUT2D eigenvalue weighted by molar-refractivity contribution is 0.0696. The second-order valence-corrected chi connectivity index (χ2v) is 6.36. The van der Waals surface area contributed by atoms with Gasteiger partial charge in [0.2, 0.25) is 0 Å². The third kappa shape index (κ3) is 3.62. The summed E-state index contributed by atoms with van der Waals surface area (Å²) in [6, 6.07) is 8.85. The molecule has 1 aliphatic rings. The average molecular weight is 324 g/mol. The molecule has 1 amide bonds. The van der Waals surface area contributed by atoms with Crippen LogP contribution in [0.2, 0.25) is 0 Å². The largest absolute Gasteiger partial charge is 0.478 e. The van der Waals surface area contributed by atoms with Crippen molar-refractivity contribution in [3.05, 3.63) is 65.0 Å². The van der Waals surface area contributed by atoms with Gasteiger partial charge in [0.15, 0.2) is 0 Å². The Kier molecular flexibility index (Phi) is 4.60. The molecule has 1 atom stereocenters. The summed E-state index contributed by atoms with van der Waals surface area (Å²) >= 11 is 0. The van der Waals surface area contributed by atoms with Crippen molar-refractivity contribution in [2.45, 2.75) is 19.8 Å². The minimum Gasteiger partial charge on any atom is -0.478 e. The molecule has 1 N–H and O–H groups in total. The third-order valence-corrected chi connectivity index (χ3v) is 4.42. The molecular formula is C19H20N2O3. The maximum absolute atomic E-state index is 12.5. The fraction of sp³-hybridized carbons (Fsp3) is 0.316. The van der Waals surface area contributed by atoms with Crippen LogP contribution >= 0.6 is 0 Å². The van der Waals surface area contributed by atoms with Crippen LogP contribution in [-0.4, -0.2) is 40.0 Å². The van der Waals surface area contributed by atoms with Crippen LogP contribution in [0.4, 0.5) is 0 Å². The number of nitrogens with zero attached hydrogens (tertiary/aromatic N) is 2. The number of carboxylic acids is 1. The minimum atomic E-state index is -0.911. The Bertz CT molecular complexity index is 755. The van der Waals surface area contributed by atoms with E-state index in [2.05, 4.69) is 4.98 Å². The number of carboxylic acid groups (broad SMARTS) is 1. The highest BCUT2D eigenvalue weighted by molar-refractivity contribution is 5.94. The van der Waals surface area contributed by atoms with Crippen molar-refractivity contribution in [3.8, 4) is 0 Å². The highest BCUT2D eigenvalue weighted by atomic mass is 16.4. The van der Waals surface area contributed by atoms with Gasteiger partial charge < -0.3 is 10.0 Å². The summed E-state index contributed by atoms with van der Waals surface area (Å²) in [6.07, 6.45) is 5.18. The Morgan fingerprint density at radius 1 is 1.21 bits per heavy atom. The number of hydrogen-bond donors (Lipinski definition) is 1. The minimum absolute atomic E-state index is 0.0370. The van der Waals surface area contributed by atoms with Crippen molar-refractivity contribution in [2.75, 3.05) is 13.1 Å². The molecule has 1 fully saturated rings. The summed E-state index contributed by atoms with van der Waals surface area (Å²) in [5.74, 6) is -0.469. The first-order valence-electron chi connectivity index (χ1n) is 8.06. The number of hydrogen-bond acceptors (Lipinski definition) is 3. The maximum Gasteiger partial charge on any atom is 0.335 e. The number of benzene rings is 1. The van der Waals surface area contributed by atoms with Crippen LogP contribution in [0.1, 0.15) is 38.3 Å². The Labute approximate surface area is 140 Å². The van der Waals surface area contributed by atoms with E-state index in [1.54, 1.807) is 24.5 Å². The van der Waals surface area contributed by atoms with Gasteiger partial charge in [0.25, 0.3) is 5.91 Å². The number of likely N-dealkylation sites (tertiary alicyclic amines) is 1. The van der Waals surface area contributed by atoms with E-state index in [4.69, 9.17) is 5.11 Å². The molecular weight excluding hydrogens is 304 g/mol. The highest BCUT2D eigenvalue weighted by Crippen LogP contribution is 2.23. The zero-order valence-electron chi connectivity index (χ0n) is 13.6. The topological polar surface area (TPSA) is 70.5 Å². The summed E-state index contributed by atoms with van der Waals surface area (Å²) in [5, 5.41) is 8.93. The van der Waals surface area contributed by atoms with E-state index < -0.39 is 5.97 Å². The number of carbonyl (C=O) groups excluding carboxylic acids is 1. The van der Waals surface area contributed by atoms with Gasteiger partial charge >= 0.3 is 5.97 Å². The molecule has 2 heterocycles. The van der Waals surface area contributed by atoms with E-state index in [9.17, 15) is 9.59 Å². The van der Waals surface area contributed by atoms with Crippen LogP contribution in [0.5, 0.6) is 0 Å². The smallest absolute Gasteiger partial charge is 0.335 e. The SMILES string of the molecule is Cc1cncc(C(=O)N2CC[C@H](Cc3ccc(C(=O)O)cc3)C2)c1. The van der Waals surface area contributed by atoms with Crippen molar-refractivity contribution in [3.63, 3.8) is 0 Å². The molecule has 0 radical (unpaired) electrons. The predicted molar refractivity (Wildman–Crippen MR) is 90.1 cm³/mol. The molecule has 0 unspecified atom stereocenters. The van der Waals surface area contributed by atoms with Gasteiger partial charge in [-0.3, -0.25) is 9.78 Å². The van der Waals surface area contributed by atoms with Gasteiger partial charge in [0, 0.05) is 25.5 Å². The van der Waals surface area contributed by atoms with Crippen LogP contribution in [0.3, 0.4) is 0 Å². The number of aromatic carboxylic acids is 1. The van der Waals surface area contributed by atoms with E-state index in [1.165, 1.54) is 0 Å². The van der Waals surface area contributed by atoms with E-state index in [0.29, 0.717) is 17.0 Å². The molecule has 1 aromatic carbocycles. The highest BCUT2D eigenvalue weighted by Gasteiger charge is 2.27. The number of aromatic nitrogens is 1. The van der Waals surface area contributed by atoms with E-state index in [0.717, 1.165) is 37.1 Å². The molecule has 0 aliphatic carbocycles. The van der Waals surface area contributed by atoms with Crippen LogP contribution in [0, 0.1) is 12.8 Å². The van der Waals surface area contributed by atoms with Crippen molar-refractivity contribution in [1.29, 1.82) is 0 Å². The molecule has 24 heavy (non-hydrogen) atoms. The fourth-order valence-corrected chi connectivity index (χ4v) is 3.15. The van der Waals surface area contributed by atoms with Gasteiger partial charge in [-0.15, -0.1) is 0 Å². The van der Waals surface area contributed by atoms with Crippen LogP contribution < -0.4 is 0 Å². The van der Waals surface area contributed by atoms with Gasteiger partial charge in [-0.25, -0.2) is 4.79 Å².